The Morgan fingerprint density at radius 1 is 1.11 bits per heavy atom. The molecule has 6 heteroatoms. The first-order valence-corrected chi connectivity index (χ1v) is 10.3. The SMILES string of the molecule is CC(NC(=O)C(C)(C)C)c1nc2ccccc2n1CC(=O)N1CCCCCC1. The molecule has 2 amide bonds. The molecule has 1 aromatic carbocycles. The van der Waals surface area contributed by atoms with Gasteiger partial charge in [-0.2, -0.15) is 0 Å². The maximum Gasteiger partial charge on any atom is 0.242 e. The molecule has 28 heavy (non-hydrogen) atoms. The van der Waals surface area contributed by atoms with Crippen molar-refractivity contribution in [1.82, 2.24) is 19.8 Å². The van der Waals surface area contributed by atoms with E-state index in [0.717, 1.165) is 42.8 Å². The van der Waals surface area contributed by atoms with Crippen LogP contribution in [0.1, 0.15) is 65.2 Å². The number of nitrogens with one attached hydrogen (secondary N) is 1. The lowest BCUT2D eigenvalue weighted by atomic mass is 9.95. The molecule has 0 bridgehead atoms. The summed E-state index contributed by atoms with van der Waals surface area (Å²) in [5, 5.41) is 3.05. The van der Waals surface area contributed by atoms with Gasteiger partial charge in [0.2, 0.25) is 11.8 Å². The summed E-state index contributed by atoms with van der Waals surface area (Å²) in [5.74, 6) is 0.820. The number of hydrogen-bond donors (Lipinski definition) is 1. The smallest absolute Gasteiger partial charge is 0.242 e. The quantitative estimate of drug-likeness (QED) is 0.875. The molecule has 2 aromatic rings. The van der Waals surface area contributed by atoms with Crippen LogP contribution in [0.2, 0.25) is 0 Å². The maximum absolute atomic E-state index is 13.0. The van der Waals surface area contributed by atoms with E-state index in [1.54, 1.807) is 0 Å². The number of fused-ring (bicyclic) bond motifs is 1. The predicted molar refractivity (Wildman–Crippen MR) is 111 cm³/mol. The van der Waals surface area contributed by atoms with Crippen LogP contribution in [0, 0.1) is 5.41 Å². The monoisotopic (exact) mass is 384 g/mol. The number of amides is 2. The lowest BCUT2D eigenvalue weighted by Gasteiger charge is -2.24. The second-order valence-corrected chi connectivity index (χ2v) is 8.79. The lowest BCUT2D eigenvalue weighted by Crippen LogP contribution is -2.38. The Morgan fingerprint density at radius 3 is 2.39 bits per heavy atom. The van der Waals surface area contributed by atoms with Crippen molar-refractivity contribution in [3.05, 3.63) is 30.1 Å². The van der Waals surface area contributed by atoms with Crippen molar-refractivity contribution in [2.45, 2.75) is 66.0 Å². The fraction of sp³-hybridized carbons (Fsp3) is 0.591. The third kappa shape index (κ3) is 4.54. The first kappa shape index (κ1) is 20.4. The van der Waals surface area contributed by atoms with Crippen molar-refractivity contribution >= 4 is 22.8 Å². The van der Waals surface area contributed by atoms with E-state index >= 15 is 0 Å². The van der Waals surface area contributed by atoms with Gasteiger partial charge < -0.3 is 14.8 Å². The molecule has 0 spiro atoms. The van der Waals surface area contributed by atoms with E-state index in [2.05, 4.69) is 5.32 Å². The van der Waals surface area contributed by atoms with Gasteiger partial charge in [0.15, 0.2) is 0 Å². The Hall–Kier alpha value is -2.37. The number of benzene rings is 1. The van der Waals surface area contributed by atoms with Crippen molar-refractivity contribution in [2.75, 3.05) is 13.1 Å². The molecular weight excluding hydrogens is 352 g/mol. The van der Waals surface area contributed by atoms with Gasteiger partial charge >= 0.3 is 0 Å². The molecule has 0 aliphatic carbocycles. The highest BCUT2D eigenvalue weighted by Crippen LogP contribution is 2.23. The van der Waals surface area contributed by atoms with Gasteiger partial charge in [0.05, 0.1) is 17.1 Å². The van der Waals surface area contributed by atoms with Gasteiger partial charge in [-0.15, -0.1) is 0 Å². The third-order valence-electron chi connectivity index (χ3n) is 5.35. The summed E-state index contributed by atoms with van der Waals surface area (Å²) in [6.45, 7) is 9.51. The summed E-state index contributed by atoms with van der Waals surface area (Å²) in [6, 6.07) is 7.55. The van der Waals surface area contributed by atoms with Crippen molar-refractivity contribution in [1.29, 1.82) is 0 Å². The number of carbonyl (C=O) groups is 2. The average molecular weight is 385 g/mol. The number of aromatic nitrogens is 2. The predicted octanol–water partition coefficient (Wildman–Crippen LogP) is 3.66. The molecule has 1 N–H and O–H groups in total. The topological polar surface area (TPSA) is 67.2 Å². The molecule has 152 valence electrons. The molecule has 2 heterocycles. The number of imidazole rings is 1. The molecule has 0 saturated carbocycles. The normalized spacial score (nSPS) is 16.6. The van der Waals surface area contributed by atoms with Gasteiger partial charge in [0.25, 0.3) is 0 Å². The van der Waals surface area contributed by atoms with Gasteiger partial charge in [-0.25, -0.2) is 4.98 Å². The third-order valence-corrected chi connectivity index (χ3v) is 5.35. The highest BCUT2D eigenvalue weighted by Gasteiger charge is 2.26. The Kier molecular flexibility index (Phi) is 6.06. The van der Waals surface area contributed by atoms with E-state index in [1.165, 1.54) is 12.8 Å². The summed E-state index contributed by atoms with van der Waals surface area (Å²) in [5.41, 5.74) is 1.29. The molecule has 1 aliphatic heterocycles. The zero-order valence-electron chi connectivity index (χ0n) is 17.5. The molecule has 1 atom stereocenters. The van der Waals surface area contributed by atoms with Gasteiger partial charge in [-0.05, 0) is 31.9 Å². The number of nitrogens with zero attached hydrogens (tertiary/aromatic N) is 3. The van der Waals surface area contributed by atoms with Crippen molar-refractivity contribution in [3.8, 4) is 0 Å². The number of para-hydroxylation sites is 2. The summed E-state index contributed by atoms with van der Waals surface area (Å²) in [6.07, 6.45) is 4.53. The first-order chi connectivity index (χ1) is 13.3. The van der Waals surface area contributed by atoms with E-state index in [-0.39, 0.29) is 24.4 Å². The zero-order valence-corrected chi connectivity index (χ0v) is 17.5. The van der Waals surface area contributed by atoms with Crippen LogP contribution in [0.15, 0.2) is 24.3 Å². The van der Waals surface area contributed by atoms with Gasteiger partial charge in [-0.3, -0.25) is 9.59 Å². The van der Waals surface area contributed by atoms with E-state index in [9.17, 15) is 9.59 Å². The Labute approximate surface area is 167 Å². The molecule has 0 radical (unpaired) electrons. The second kappa shape index (κ2) is 8.33. The number of hydrogen-bond acceptors (Lipinski definition) is 3. The van der Waals surface area contributed by atoms with Crippen molar-refractivity contribution in [2.24, 2.45) is 5.41 Å². The minimum Gasteiger partial charge on any atom is -0.346 e. The number of likely N-dealkylation sites (tertiary alicyclic amines) is 1. The average Bonchev–Trinajstić information content (AvgIpc) is 2.82. The molecule has 1 saturated heterocycles. The Morgan fingerprint density at radius 2 is 1.75 bits per heavy atom. The fourth-order valence-electron chi connectivity index (χ4n) is 3.62. The molecule has 1 unspecified atom stereocenters. The molecule has 1 aromatic heterocycles. The molecule has 1 fully saturated rings. The second-order valence-electron chi connectivity index (χ2n) is 8.79. The standard InChI is InChI=1S/C22H32N4O2/c1-16(23-21(28)22(2,3)4)20-24-17-11-7-8-12-18(17)26(20)15-19(27)25-13-9-5-6-10-14-25/h7-8,11-12,16H,5-6,9-10,13-15H2,1-4H3,(H,23,28). The summed E-state index contributed by atoms with van der Waals surface area (Å²) >= 11 is 0. The molecule has 3 rings (SSSR count). The van der Waals surface area contributed by atoms with Crippen LogP contribution in [0.4, 0.5) is 0 Å². The van der Waals surface area contributed by atoms with Gasteiger partial charge in [0.1, 0.15) is 12.4 Å². The lowest BCUT2D eigenvalue weighted by molar-refractivity contribution is -0.131. The molecule has 6 nitrogen and oxygen atoms in total. The largest absolute Gasteiger partial charge is 0.346 e. The van der Waals surface area contributed by atoms with Crippen LogP contribution in [-0.4, -0.2) is 39.4 Å². The van der Waals surface area contributed by atoms with E-state index < -0.39 is 5.41 Å². The van der Waals surface area contributed by atoms with E-state index in [4.69, 9.17) is 4.98 Å². The van der Waals surface area contributed by atoms with Crippen molar-refractivity contribution in [3.63, 3.8) is 0 Å². The highest BCUT2D eigenvalue weighted by atomic mass is 16.2. The van der Waals surface area contributed by atoms with Crippen LogP contribution in [0.5, 0.6) is 0 Å². The van der Waals surface area contributed by atoms with Gasteiger partial charge in [-0.1, -0.05) is 45.7 Å². The fourth-order valence-corrected chi connectivity index (χ4v) is 3.62. The molecular formula is C22H32N4O2. The van der Waals surface area contributed by atoms with Crippen LogP contribution in [-0.2, 0) is 16.1 Å². The molecule has 1 aliphatic rings. The van der Waals surface area contributed by atoms with E-state index in [1.807, 2.05) is 61.4 Å². The van der Waals surface area contributed by atoms with Crippen LogP contribution in [0.25, 0.3) is 11.0 Å². The minimum absolute atomic E-state index is 0.0301. The Bertz CT molecular complexity index is 842. The van der Waals surface area contributed by atoms with Gasteiger partial charge in [0, 0.05) is 18.5 Å². The summed E-state index contributed by atoms with van der Waals surface area (Å²) < 4.78 is 1.97. The minimum atomic E-state index is -0.479. The summed E-state index contributed by atoms with van der Waals surface area (Å²) in [4.78, 5) is 32.2. The van der Waals surface area contributed by atoms with Crippen LogP contribution in [0.3, 0.4) is 0 Å². The van der Waals surface area contributed by atoms with Crippen LogP contribution < -0.4 is 5.32 Å². The maximum atomic E-state index is 13.0. The highest BCUT2D eigenvalue weighted by molar-refractivity contribution is 5.83. The first-order valence-electron chi connectivity index (χ1n) is 10.3. The van der Waals surface area contributed by atoms with E-state index in [0.29, 0.717) is 0 Å². The number of rotatable bonds is 4. The zero-order chi connectivity index (χ0) is 20.3. The van der Waals surface area contributed by atoms with Crippen molar-refractivity contribution < 1.29 is 9.59 Å². The Balaban J connectivity index is 1.88. The number of carbonyl (C=O) groups excluding carboxylic acids is 2. The van der Waals surface area contributed by atoms with Crippen LogP contribution >= 0.6 is 0 Å². The summed E-state index contributed by atoms with van der Waals surface area (Å²) in [7, 11) is 0.